The fourth-order valence-corrected chi connectivity index (χ4v) is 3.30. The van der Waals surface area contributed by atoms with Gasteiger partial charge >= 0.3 is 0 Å². The van der Waals surface area contributed by atoms with Crippen LogP contribution < -0.4 is 10.1 Å². The van der Waals surface area contributed by atoms with Crippen molar-refractivity contribution in [1.82, 2.24) is 4.98 Å². The van der Waals surface area contributed by atoms with Gasteiger partial charge in [-0.05, 0) is 12.1 Å². The molecule has 0 atom stereocenters. The topological polar surface area (TPSA) is 138 Å². The number of nitriles is 1. The molecule has 2 aromatic carbocycles. The molecular weight excluding hydrogens is 408 g/mol. The largest absolute Gasteiger partial charge is 0.506 e. The molecule has 3 aromatic rings. The number of rotatable bonds is 6. The molecule has 0 bridgehead atoms. The van der Waals surface area contributed by atoms with E-state index in [2.05, 4.69) is 10.3 Å². The van der Waals surface area contributed by atoms with Gasteiger partial charge in [0.05, 0.1) is 23.3 Å². The van der Waals surface area contributed by atoms with E-state index in [0.717, 1.165) is 11.3 Å². The van der Waals surface area contributed by atoms with Gasteiger partial charge in [0.25, 0.3) is 11.6 Å². The zero-order chi connectivity index (χ0) is 21.7. The van der Waals surface area contributed by atoms with E-state index in [1.165, 1.54) is 31.4 Å². The van der Waals surface area contributed by atoms with Crippen molar-refractivity contribution in [3.05, 3.63) is 75.2 Å². The molecule has 150 valence electrons. The SMILES string of the molecule is COc1ccccc1C(O)=C(C#N)C(=O)Nc1nc(-c2cccc([N+](=O)[O-])c2)cs1. The van der Waals surface area contributed by atoms with E-state index in [4.69, 9.17) is 4.74 Å². The summed E-state index contributed by atoms with van der Waals surface area (Å²) in [6, 6.07) is 14.0. The molecule has 0 spiro atoms. The molecule has 1 aromatic heterocycles. The van der Waals surface area contributed by atoms with Crippen LogP contribution >= 0.6 is 11.3 Å². The second kappa shape index (κ2) is 8.85. The van der Waals surface area contributed by atoms with Crippen LogP contribution in [-0.4, -0.2) is 28.0 Å². The van der Waals surface area contributed by atoms with Crippen LogP contribution in [0.3, 0.4) is 0 Å². The first-order valence-corrected chi connectivity index (χ1v) is 9.31. The molecular formula is C20H14N4O5S. The summed E-state index contributed by atoms with van der Waals surface area (Å²) in [5.41, 5.74) is 0.543. The summed E-state index contributed by atoms with van der Waals surface area (Å²) in [7, 11) is 1.41. The van der Waals surface area contributed by atoms with Gasteiger partial charge in [-0.1, -0.05) is 24.3 Å². The van der Waals surface area contributed by atoms with E-state index in [1.54, 1.807) is 35.7 Å². The Morgan fingerprint density at radius 1 is 1.30 bits per heavy atom. The number of ether oxygens (including phenoxy) is 1. The molecule has 0 aliphatic rings. The number of benzene rings is 2. The van der Waals surface area contributed by atoms with Crippen molar-refractivity contribution >= 4 is 33.8 Å². The number of thiazole rings is 1. The minimum Gasteiger partial charge on any atom is -0.506 e. The predicted octanol–water partition coefficient (Wildman–Crippen LogP) is 4.16. The fourth-order valence-electron chi connectivity index (χ4n) is 2.59. The van der Waals surface area contributed by atoms with Gasteiger partial charge in [0.15, 0.2) is 10.7 Å². The number of methoxy groups -OCH3 is 1. The third kappa shape index (κ3) is 4.26. The molecule has 0 aliphatic heterocycles. The third-order valence-electron chi connectivity index (χ3n) is 4.02. The number of nitro benzene ring substituents is 1. The lowest BCUT2D eigenvalue weighted by atomic mass is 10.1. The Balaban J connectivity index is 1.86. The number of nitro groups is 1. The van der Waals surface area contributed by atoms with Crippen molar-refractivity contribution in [2.24, 2.45) is 0 Å². The molecule has 30 heavy (non-hydrogen) atoms. The Bertz CT molecular complexity index is 1200. The first-order valence-electron chi connectivity index (χ1n) is 8.43. The van der Waals surface area contributed by atoms with Crippen molar-refractivity contribution in [2.75, 3.05) is 12.4 Å². The minimum atomic E-state index is -0.846. The monoisotopic (exact) mass is 422 g/mol. The first kappa shape index (κ1) is 20.5. The molecule has 2 N–H and O–H groups in total. The van der Waals surface area contributed by atoms with Gasteiger partial charge in [-0.3, -0.25) is 20.2 Å². The summed E-state index contributed by atoms with van der Waals surface area (Å²) < 4.78 is 5.14. The number of nitrogens with zero attached hydrogens (tertiary/aromatic N) is 3. The number of aromatic nitrogens is 1. The summed E-state index contributed by atoms with van der Waals surface area (Å²) in [5.74, 6) is -1.07. The van der Waals surface area contributed by atoms with Crippen molar-refractivity contribution < 1.29 is 19.6 Å². The van der Waals surface area contributed by atoms with E-state index in [9.17, 15) is 25.3 Å². The van der Waals surface area contributed by atoms with Gasteiger partial charge in [-0.2, -0.15) is 5.26 Å². The molecule has 3 rings (SSSR count). The van der Waals surface area contributed by atoms with Crippen LogP contribution in [0, 0.1) is 21.4 Å². The van der Waals surface area contributed by atoms with Crippen LogP contribution in [0.15, 0.2) is 59.5 Å². The van der Waals surface area contributed by atoms with Crippen LogP contribution in [0.25, 0.3) is 17.0 Å². The van der Waals surface area contributed by atoms with Crippen LogP contribution in [0.4, 0.5) is 10.8 Å². The van der Waals surface area contributed by atoms with E-state index in [-0.39, 0.29) is 16.4 Å². The second-order valence-corrected chi connectivity index (χ2v) is 6.69. The first-order chi connectivity index (χ1) is 14.4. The number of carbonyl (C=O) groups is 1. The number of hydrogen-bond acceptors (Lipinski definition) is 8. The normalized spacial score (nSPS) is 11.2. The highest BCUT2D eigenvalue weighted by molar-refractivity contribution is 7.14. The third-order valence-corrected chi connectivity index (χ3v) is 4.77. The molecule has 0 radical (unpaired) electrons. The number of nitrogens with one attached hydrogen (secondary N) is 1. The van der Waals surface area contributed by atoms with E-state index in [0.29, 0.717) is 17.0 Å². The number of para-hydroxylation sites is 1. The number of hydrogen-bond donors (Lipinski definition) is 2. The lowest BCUT2D eigenvalue weighted by Gasteiger charge is -2.09. The average molecular weight is 422 g/mol. The number of non-ortho nitro benzene ring substituents is 1. The number of carbonyl (C=O) groups excluding carboxylic acids is 1. The second-order valence-electron chi connectivity index (χ2n) is 5.84. The molecule has 1 amide bonds. The van der Waals surface area contributed by atoms with Gasteiger partial charge in [0, 0.05) is 23.1 Å². The van der Waals surface area contributed by atoms with E-state index in [1.807, 2.05) is 0 Å². The van der Waals surface area contributed by atoms with Crippen molar-refractivity contribution in [3.63, 3.8) is 0 Å². The van der Waals surface area contributed by atoms with E-state index >= 15 is 0 Å². The zero-order valence-corrected chi connectivity index (χ0v) is 16.3. The quantitative estimate of drug-likeness (QED) is 0.200. The molecule has 0 unspecified atom stereocenters. The Kier molecular flexibility index (Phi) is 6.05. The minimum absolute atomic E-state index is 0.0810. The molecule has 10 heteroatoms. The predicted molar refractivity (Wildman–Crippen MR) is 111 cm³/mol. The highest BCUT2D eigenvalue weighted by Crippen LogP contribution is 2.29. The molecule has 0 aliphatic carbocycles. The average Bonchev–Trinajstić information content (AvgIpc) is 3.22. The highest BCUT2D eigenvalue weighted by Gasteiger charge is 2.20. The Labute approximate surface area is 174 Å². The standard InChI is InChI=1S/C20H14N4O5S/c1-29-17-8-3-2-7-14(17)18(25)15(10-21)19(26)23-20-22-16(11-30-20)12-5-4-6-13(9-12)24(27)28/h2-9,11,25H,1H3,(H,22,23,26). The highest BCUT2D eigenvalue weighted by atomic mass is 32.1. The van der Waals surface area contributed by atoms with Gasteiger partial charge in [-0.15, -0.1) is 11.3 Å². The van der Waals surface area contributed by atoms with E-state index < -0.39 is 22.2 Å². The number of anilines is 1. The maximum absolute atomic E-state index is 12.5. The molecule has 0 saturated heterocycles. The van der Waals surface area contributed by atoms with Crippen LogP contribution in [-0.2, 0) is 4.79 Å². The van der Waals surface area contributed by atoms with Gasteiger partial charge in [-0.25, -0.2) is 4.98 Å². The van der Waals surface area contributed by atoms with Crippen LogP contribution in [0.2, 0.25) is 0 Å². The zero-order valence-electron chi connectivity index (χ0n) is 15.5. The van der Waals surface area contributed by atoms with Crippen molar-refractivity contribution in [2.45, 2.75) is 0 Å². The summed E-state index contributed by atoms with van der Waals surface area (Å²) in [6.07, 6.45) is 0. The summed E-state index contributed by atoms with van der Waals surface area (Å²) >= 11 is 1.08. The Hall–Kier alpha value is -4.23. The Morgan fingerprint density at radius 3 is 2.77 bits per heavy atom. The maximum Gasteiger partial charge on any atom is 0.271 e. The lowest BCUT2D eigenvalue weighted by Crippen LogP contribution is -2.15. The molecule has 1 heterocycles. The molecule has 0 fully saturated rings. The number of aliphatic hydroxyl groups is 1. The summed E-state index contributed by atoms with van der Waals surface area (Å²) in [5, 5.41) is 35.0. The summed E-state index contributed by atoms with van der Waals surface area (Å²) in [6.45, 7) is 0. The van der Waals surface area contributed by atoms with Gasteiger partial charge in [0.2, 0.25) is 0 Å². The maximum atomic E-state index is 12.5. The summed E-state index contributed by atoms with van der Waals surface area (Å²) in [4.78, 5) is 27.2. The smallest absolute Gasteiger partial charge is 0.271 e. The fraction of sp³-hybridized carbons (Fsp3) is 0.0500. The lowest BCUT2D eigenvalue weighted by molar-refractivity contribution is -0.384. The Morgan fingerprint density at radius 2 is 2.07 bits per heavy atom. The molecule has 0 saturated carbocycles. The van der Waals surface area contributed by atoms with Gasteiger partial charge < -0.3 is 9.84 Å². The number of amides is 1. The van der Waals surface area contributed by atoms with Crippen LogP contribution in [0.1, 0.15) is 5.56 Å². The van der Waals surface area contributed by atoms with Crippen molar-refractivity contribution in [1.29, 1.82) is 5.26 Å². The van der Waals surface area contributed by atoms with Crippen LogP contribution in [0.5, 0.6) is 5.75 Å². The van der Waals surface area contributed by atoms with Gasteiger partial charge in [0.1, 0.15) is 17.6 Å². The van der Waals surface area contributed by atoms with Crippen molar-refractivity contribution in [3.8, 4) is 23.1 Å². The molecule has 9 nitrogen and oxygen atoms in total. The number of aliphatic hydroxyl groups excluding tert-OH is 1.